The van der Waals surface area contributed by atoms with Crippen LogP contribution in [0.1, 0.15) is 47.9 Å². The fourth-order valence-corrected chi connectivity index (χ4v) is 3.20. The van der Waals surface area contributed by atoms with E-state index in [9.17, 15) is 4.79 Å². The van der Waals surface area contributed by atoms with Gasteiger partial charge in [-0.3, -0.25) is 9.69 Å². The van der Waals surface area contributed by atoms with E-state index < -0.39 is 0 Å². The van der Waals surface area contributed by atoms with Crippen LogP contribution in [0.15, 0.2) is 12.1 Å². The third kappa shape index (κ3) is 3.44. The van der Waals surface area contributed by atoms with Gasteiger partial charge >= 0.3 is 0 Å². The molecular weight excluding hydrogens is 234 g/mol. The maximum absolute atomic E-state index is 11.3. The molecule has 2 heteroatoms. The Balaban J connectivity index is 2.06. The molecule has 1 aromatic carbocycles. The minimum atomic E-state index is 0.437. The summed E-state index contributed by atoms with van der Waals surface area (Å²) in [6, 6.07) is 5.10. The van der Waals surface area contributed by atoms with Crippen LogP contribution in [0.5, 0.6) is 0 Å². The molecule has 0 spiro atoms. The number of benzene rings is 1. The van der Waals surface area contributed by atoms with Gasteiger partial charge in [0.15, 0.2) is 0 Å². The first kappa shape index (κ1) is 14.3. The van der Waals surface area contributed by atoms with E-state index in [-0.39, 0.29) is 0 Å². The lowest BCUT2D eigenvalue weighted by Crippen LogP contribution is -2.35. The van der Waals surface area contributed by atoms with Crippen molar-refractivity contribution in [2.24, 2.45) is 0 Å². The first-order chi connectivity index (χ1) is 8.97. The molecule has 0 atom stereocenters. The highest BCUT2D eigenvalue weighted by molar-refractivity contribution is 5.79. The van der Waals surface area contributed by atoms with Crippen LogP contribution in [0.3, 0.4) is 0 Å². The molecular formula is C17H25NO. The van der Waals surface area contributed by atoms with Crippen LogP contribution in [0.4, 0.5) is 0 Å². The minimum absolute atomic E-state index is 0.437. The lowest BCUT2D eigenvalue weighted by molar-refractivity contribution is -0.121. The normalized spacial score (nSPS) is 17.2. The fourth-order valence-electron chi connectivity index (χ4n) is 3.20. The van der Waals surface area contributed by atoms with Crippen LogP contribution in [0.2, 0.25) is 0 Å². The van der Waals surface area contributed by atoms with Crippen molar-refractivity contribution in [1.29, 1.82) is 0 Å². The largest absolute Gasteiger partial charge is 0.300 e. The second kappa shape index (κ2) is 5.87. The second-order valence-electron chi connectivity index (χ2n) is 6.06. The number of Topliss-reactive ketones (excluding diaryl/α,β-unsaturated/α-hetero) is 1. The summed E-state index contributed by atoms with van der Waals surface area (Å²) in [5, 5.41) is 0. The van der Waals surface area contributed by atoms with Crippen LogP contribution >= 0.6 is 0 Å². The monoisotopic (exact) mass is 259 g/mol. The van der Waals surface area contributed by atoms with Gasteiger partial charge in [-0.05, 0) is 57.4 Å². The summed E-state index contributed by atoms with van der Waals surface area (Å²) in [6.07, 6.45) is 3.58. The van der Waals surface area contributed by atoms with Gasteiger partial charge in [0.2, 0.25) is 0 Å². The van der Waals surface area contributed by atoms with E-state index in [1.165, 1.54) is 22.3 Å². The van der Waals surface area contributed by atoms with E-state index in [0.717, 1.165) is 32.2 Å². The molecule has 1 aliphatic carbocycles. The van der Waals surface area contributed by atoms with Gasteiger partial charge in [-0.15, -0.1) is 0 Å². The maximum Gasteiger partial charge on any atom is 0.133 e. The number of carbonyl (C=O) groups excluding carboxylic acids is 1. The number of rotatable bonds is 3. The van der Waals surface area contributed by atoms with E-state index >= 15 is 0 Å². The Hall–Kier alpha value is -1.15. The number of hydrogen-bond acceptors (Lipinski definition) is 2. The molecule has 1 aromatic rings. The maximum atomic E-state index is 11.3. The van der Waals surface area contributed by atoms with Gasteiger partial charge in [0.05, 0.1) is 0 Å². The first-order valence-corrected chi connectivity index (χ1v) is 7.26. The Morgan fingerprint density at radius 2 is 1.63 bits per heavy atom. The van der Waals surface area contributed by atoms with Crippen LogP contribution in [0, 0.1) is 20.8 Å². The van der Waals surface area contributed by atoms with Crippen molar-refractivity contribution in [1.82, 2.24) is 4.90 Å². The molecule has 0 aliphatic heterocycles. The van der Waals surface area contributed by atoms with Gasteiger partial charge in [-0.1, -0.05) is 17.7 Å². The average molecular weight is 259 g/mol. The smallest absolute Gasteiger partial charge is 0.133 e. The van der Waals surface area contributed by atoms with Crippen LogP contribution in [0.25, 0.3) is 0 Å². The molecule has 0 heterocycles. The fraction of sp³-hybridized carbons (Fsp3) is 0.588. The average Bonchev–Trinajstić information content (AvgIpc) is 2.34. The van der Waals surface area contributed by atoms with Gasteiger partial charge < -0.3 is 0 Å². The zero-order valence-electron chi connectivity index (χ0n) is 12.6. The summed E-state index contributed by atoms with van der Waals surface area (Å²) in [6.45, 7) is 7.55. The quantitative estimate of drug-likeness (QED) is 0.827. The Kier molecular flexibility index (Phi) is 4.41. The molecule has 1 fully saturated rings. The van der Waals surface area contributed by atoms with E-state index in [4.69, 9.17) is 0 Å². The molecule has 1 aliphatic rings. The number of ketones is 1. The lowest BCUT2D eigenvalue weighted by atomic mass is 9.92. The Morgan fingerprint density at radius 3 is 2.16 bits per heavy atom. The first-order valence-electron chi connectivity index (χ1n) is 7.26. The van der Waals surface area contributed by atoms with Crippen molar-refractivity contribution in [3.8, 4) is 0 Å². The molecule has 2 rings (SSSR count). The highest BCUT2D eigenvalue weighted by atomic mass is 16.1. The summed E-state index contributed by atoms with van der Waals surface area (Å²) in [5.74, 6) is 0.437. The van der Waals surface area contributed by atoms with E-state index in [1.807, 2.05) is 0 Å². The predicted octanol–water partition coefficient (Wildman–Crippen LogP) is 3.56. The molecule has 0 bridgehead atoms. The number of carbonyl (C=O) groups is 1. The summed E-state index contributed by atoms with van der Waals surface area (Å²) < 4.78 is 0. The van der Waals surface area contributed by atoms with Crippen molar-refractivity contribution >= 4 is 5.78 Å². The van der Waals surface area contributed by atoms with Gasteiger partial charge in [0.1, 0.15) is 5.78 Å². The number of hydrogen-bond donors (Lipinski definition) is 0. The topological polar surface area (TPSA) is 20.3 Å². The van der Waals surface area contributed by atoms with E-state index in [1.54, 1.807) is 0 Å². The third-order valence-electron chi connectivity index (χ3n) is 4.38. The molecule has 0 radical (unpaired) electrons. The lowest BCUT2D eigenvalue weighted by Gasteiger charge is -2.31. The van der Waals surface area contributed by atoms with Crippen molar-refractivity contribution in [2.75, 3.05) is 7.05 Å². The van der Waals surface area contributed by atoms with Crippen LogP contribution in [-0.4, -0.2) is 23.8 Å². The van der Waals surface area contributed by atoms with Crippen molar-refractivity contribution in [3.63, 3.8) is 0 Å². The molecule has 0 N–H and O–H groups in total. The van der Waals surface area contributed by atoms with Gasteiger partial charge in [-0.25, -0.2) is 0 Å². The van der Waals surface area contributed by atoms with Gasteiger partial charge in [-0.2, -0.15) is 0 Å². The summed E-state index contributed by atoms with van der Waals surface area (Å²) in [4.78, 5) is 13.7. The molecule has 104 valence electrons. The second-order valence-corrected chi connectivity index (χ2v) is 6.06. The molecule has 0 amide bonds. The molecule has 1 saturated carbocycles. The highest BCUT2D eigenvalue weighted by Gasteiger charge is 2.22. The van der Waals surface area contributed by atoms with Crippen molar-refractivity contribution < 1.29 is 4.79 Å². The molecule has 19 heavy (non-hydrogen) atoms. The third-order valence-corrected chi connectivity index (χ3v) is 4.38. The zero-order chi connectivity index (χ0) is 14.0. The standard InChI is InChI=1S/C17H25NO/c1-12-9-13(2)17(14(3)10-12)11-18(4)15-5-7-16(19)8-6-15/h9-10,15H,5-8,11H2,1-4H3. The summed E-state index contributed by atoms with van der Waals surface area (Å²) in [7, 11) is 2.19. The summed E-state index contributed by atoms with van der Waals surface area (Å²) in [5.41, 5.74) is 5.56. The van der Waals surface area contributed by atoms with E-state index in [2.05, 4.69) is 44.9 Å². The Bertz CT molecular complexity index is 445. The van der Waals surface area contributed by atoms with Crippen molar-refractivity contribution in [3.05, 3.63) is 34.4 Å². The number of aryl methyl sites for hydroxylation is 3. The van der Waals surface area contributed by atoms with Gasteiger partial charge in [0.25, 0.3) is 0 Å². The molecule has 0 saturated heterocycles. The van der Waals surface area contributed by atoms with Gasteiger partial charge in [0, 0.05) is 25.4 Å². The molecule has 0 unspecified atom stereocenters. The Labute approximate surface area is 116 Å². The predicted molar refractivity (Wildman–Crippen MR) is 79.4 cm³/mol. The zero-order valence-corrected chi connectivity index (χ0v) is 12.6. The minimum Gasteiger partial charge on any atom is -0.300 e. The highest BCUT2D eigenvalue weighted by Crippen LogP contribution is 2.23. The van der Waals surface area contributed by atoms with Crippen LogP contribution in [-0.2, 0) is 11.3 Å². The van der Waals surface area contributed by atoms with Crippen LogP contribution < -0.4 is 0 Å². The van der Waals surface area contributed by atoms with Crippen molar-refractivity contribution in [2.45, 2.75) is 59.0 Å². The SMILES string of the molecule is Cc1cc(C)c(CN(C)C2CCC(=O)CC2)c(C)c1. The van der Waals surface area contributed by atoms with E-state index in [0.29, 0.717) is 11.8 Å². The number of nitrogens with zero attached hydrogens (tertiary/aromatic N) is 1. The summed E-state index contributed by atoms with van der Waals surface area (Å²) >= 11 is 0. The molecule has 2 nitrogen and oxygen atoms in total. The Morgan fingerprint density at radius 1 is 1.11 bits per heavy atom. The molecule has 0 aromatic heterocycles.